The van der Waals surface area contributed by atoms with Gasteiger partial charge in [0.05, 0.1) is 5.56 Å². The average Bonchev–Trinajstić information content (AvgIpc) is 3.98. The Morgan fingerprint density at radius 2 is 0.930 bits per heavy atom. The van der Waals surface area contributed by atoms with E-state index in [-0.39, 0.29) is 0 Å². The van der Waals surface area contributed by atoms with E-state index in [1.807, 2.05) is 84.1 Å². The normalized spacial score (nSPS) is 11.9. The molecule has 0 saturated carbocycles. The molecular formula is C51H29N3O2S. The molecule has 12 aromatic rings. The van der Waals surface area contributed by atoms with Crippen LogP contribution in [0.1, 0.15) is 0 Å². The molecule has 0 unspecified atom stereocenters. The number of benzene rings is 8. The first-order chi connectivity index (χ1) is 28.2. The summed E-state index contributed by atoms with van der Waals surface area (Å²) < 4.78 is 15.9. The van der Waals surface area contributed by atoms with Crippen molar-refractivity contribution < 1.29 is 8.83 Å². The molecule has 0 aliphatic heterocycles. The summed E-state index contributed by atoms with van der Waals surface area (Å²) in [6.07, 6.45) is 0. The molecule has 0 saturated heterocycles. The van der Waals surface area contributed by atoms with E-state index in [2.05, 4.69) is 103 Å². The second kappa shape index (κ2) is 12.6. The Hall–Kier alpha value is -7.41. The number of fused-ring (bicyclic) bond motifs is 9. The van der Waals surface area contributed by atoms with Crippen molar-refractivity contribution in [1.82, 2.24) is 15.0 Å². The fourth-order valence-corrected chi connectivity index (χ4v) is 9.54. The van der Waals surface area contributed by atoms with Gasteiger partial charge in [-0.25, -0.2) is 15.0 Å². The number of para-hydroxylation sites is 3. The highest BCUT2D eigenvalue weighted by Crippen LogP contribution is 2.47. The van der Waals surface area contributed by atoms with Crippen molar-refractivity contribution in [3.63, 3.8) is 0 Å². The van der Waals surface area contributed by atoms with Gasteiger partial charge in [0.2, 0.25) is 0 Å². The average molecular weight is 748 g/mol. The molecule has 4 aromatic heterocycles. The van der Waals surface area contributed by atoms with E-state index in [1.165, 1.54) is 31.3 Å². The van der Waals surface area contributed by atoms with Crippen molar-refractivity contribution >= 4 is 75.4 Å². The number of furan rings is 2. The minimum atomic E-state index is 0.541. The summed E-state index contributed by atoms with van der Waals surface area (Å²) in [6.45, 7) is 0. The fraction of sp³-hybridized carbons (Fsp3) is 0. The topological polar surface area (TPSA) is 65.0 Å². The van der Waals surface area contributed by atoms with Crippen LogP contribution in [0.3, 0.4) is 0 Å². The minimum Gasteiger partial charge on any atom is -0.455 e. The zero-order valence-electron chi connectivity index (χ0n) is 30.3. The fourth-order valence-electron chi connectivity index (χ4n) is 8.33. The van der Waals surface area contributed by atoms with Gasteiger partial charge in [-0.05, 0) is 47.5 Å². The van der Waals surface area contributed by atoms with Crippen molar-refractivity contribution in [2.75, 3.05) is 0 Å². The lowest BCUT2D eigenvalue weighted by Gasteiger charge is -2.10. The molecule has 12 rings (SSSR count). The number of hydrogen-bond acceptors (Lipinski definition) is 6. The van der Waals surface area contributed by atoms with Crippen LogP contribution in [0.25, 0.3) is 120 Å². The van der Waals surface area contributed by atoms with E-state index in [0.717, 1.165) is 71.7 Å². The van der Waals surface area contributed by atoms with Crippen LogP contribution in [0.2, 0.25) is 0 Å². The first kappa shape index (κ1) is 31.9. The van der Waals surface area contributed by atoms with Crippen LogP contribution in [0, 0.1) is 0 Å². The van der Waals surface area contributed by atoms with Crippen LogP contribution >= 0.6 is 11.3 Å². The van der Waals surface area contributed by atoms with Crippen LogP contribution < -0.4 is 0 Å². The van der Waals surface area contributed by atoms with Crippen molar-refractivity contribution in [3.05, 3.63) is 176 Å². The maximum atomic E-state index is 6.91. The Balaban J connectivity index is 1.11. The summed E-state index contributed by atoms with van der Waals surface area (Å²) in [7, 11) is 0. The second-order valence-corrected chi connectivity index (χ2v) is 15.3. The van der Waals surface area contributed by atoms with Crippen molar-refractivity contribution in [3.8, 4) is 56.4 Å². The quantitative estimate of drug-likeness (QED) is 0.175. The molecule has 0 fully saturated rings. The largest absolute Gasteiger partial charge is 0.455 e. The van der Waals surface area contributed by atoms with Gasteiger partial charge in [-0.2, -0.15) is 0 Å². The molecule has 0 spiro atoms. The van der Waals surface area contributed by atoms with Crippen LogP contribution in [0.4, 0.5) is 0 Å². The Kier molecular flexibility index (Phi) is 7.03. The van der Waals surface area contributed by atoms with Gasteiger partial charge in [-0.1, -0.05) is 140 Å². The smallest absolute Gasteiger partial charge is 0.167 e. The van der Waals surface area contributed by atoms with Gasteiger partial charge in [0, 0.05) is 64.0 Å². The van der Waals surface area contributed by atoms with Gasteiger partial charge < -0.3 is 8.83 Å². The highest BCUT2D eigenvalue weighted by Gasteiger charge is 2.23. The zero-order chi connectivity index (χ0) is 37.5. The monoisotopic (exact) mass is 747 g/mol. The van der Waals surface area contributed by atoms with Gasteiger partial charge in [0.15, 0.2) is 17.5 Å². The highest BCUT2D eigenvalue weighted by molar-refractivity contribution is 7.26. The van der Waals surface area contributed by atoms with E-state index < -0.39 is 0 Å². The minimum absolute atomic E-state index is 0.541. The lowest BCUT2D eigenvalue weighted by atomic mass is 9.94. The Labute approximate surface area is 330 Å². The van der Waals surface area contributed by atoms with E-state index in [4.69, 9.17) is 23.8 Å². The molecule has 0 amide bonds. The van der Waals surface area contributed by atoms with Crippen molar-refractivity contribution in [1.29, 1.82) is 0 Å². The molecule has 0 N–H and O–H groups in total. The number of rotatable bonds is 5. The van der Waals surface area contributed by atoms with Crippen LogP contribution in [0.15, 0.2) is 185 Å². The predicted octanol–water partition coefficient (Wildman–Crippen LogP) is 14.4. The van der Waals surface area contributed by atoms with E-state index >= 15 is 0 Å². The second-order valence-electron chi connectivity index (χ2n) is 14.3. The van der Waals surface area contributed by atoms with Gasteiger partial charge in [0.25, 0.3) is 0 Å². The molecule has 8 aromatic carbocycles. The van der Waals surface area contributed by atoms with E-state index in [0.29, 0.717) is 17.5 Å². The molecule has 266 valence electrons. The standard InChI is InChI=1S/C51H29N3O2S/c1-3-14-30(15-4-1)32-28-40-34-19-8-10-27-44(34)57-48(40)41(29-32)36-21-11-22-37-45-38(23-13-26-43(45)56-46(36)37)50-52-49(31-16-5-2-6-17-31)53-51(54-50)39-24-12-20-35-33-18-7-9-25-42(33)55-47(35)39/h1-29H. The maximum Gasteiger partial charge on any atom is 0.167 e. The van der Waals surface area contributed by atoms with Crippen LogP contribution in [-0.4, -0.2) is 15.0 Å². The molecule has 0 radical (unpaired) electrons. The molecule has 4 heterocycles. The lowest BCUT2D eigenvalue weighted by molar-refractivity contribution is 0.669. The third-order valence-electron chi connectivity index (χ3n) is 11.0. The first-order valence-electron chi connectivity index (χ1n) is 18.9. The Bertz CT molecular complexity index is 3530. The zero-order valence-corrected chi connectivity index (χ0v) is 31.1. The summed E-state index contributed by atoms with van der Waals surface area (Å²) in [6, 6.07) is 60.9. The SMILES string of the molecule is c1ccc(-c2cc(-c3cccc4c3oc3cccc(-c5nc(-c6ccccc6)nc(-c6cccc7c6oc6ccccc67)n5)c34)c3sc4ccccc4c3c2)cc1. The van der Waals surface area contributed by atoms with E-state index in [1.54, 1.807) is 0 Å². The predicted molar refractivity (Wildman–Crippen MR) is 234 cm³/mol. The molecule has 0 bridgehead atoms. The molecule has 0 atom stereocenters. The number of thiophene rings is 1. The first-order valence-corrected chi connectivity index (χ1v) is 19.7. The maximum absolute atomic E-state index is 6.91. The molecule has 6 heteroatoms. The summed E-state index contributed by atoms with van der Waals surface area (Å²) in [5.41, 5.74) is 10.3. The molecule has 0 aliphatic carbocycles. The van der Waals surface area contributed by atoms with Gasteiger partial charge in [-0.15, -0.1) is 11.3 Å². The number of hydrogen-bond donors (Lipinski definition) is 0. The molecule has 57 heavy (non-hydrogen) atoms. The third-order valence-corrected chi connectivity index (χ3v) is 12.2. The van der Waals surface area contributed by atoms with Crippen LogP contribution in [0.5, 0.6) is 0 Å². The summed E-state index contributed by atoms with van der Waals surface area (Å²) >= 11 is 1.83. The number of nitrogens with zero attached hydrogens (tertiary/aromatic N) is 3. The van der Waals surface area contributed by atoms with Gasteiger partial charge >= 0.3 is 0 Å². The Morgan fingerprint density at radius 1 is 0.351 bits per heavy atom. The number of aromatic nitrogens is 3. The summed E-state index contributed by atoms with van der Waals surface area (Å²) in [4.78, 5) is 15.5. The van der Waals surface area contributed by atoms with Gasteiger partial charge in [0.1, 0.15) is 22.3 Å². The van der Waals surface area contributed by atoms with Crippen molar-refractivity contribution in [2.45, 2.75) is 0 Å². The summed E-state index contributed by atoms with van der Waals surface area (Å²) in [5, 5.41) is 6.53. The molecule has 0 aliphatic rings. The van der Waals surface area contributed by atoms with E-state index in [9.17, 15) is 0 Å². The Morgan fingerprint density at radius 3 is 1.77 bits per heavy atom. The molecule has 5 nitrogen and oxygen atoms in total. The summed E-state index contributed by atoms with van der Waals surface area (Å²) in [5.74, 6) is 1.68. The molecular weight excluding hydrogens is 719 g/mol. The van der Waals surface area contributed by atoms with Crippen molar-refractivity contribution in [2.24, 2.45) is 0 Å². The third kappa shape index (κ3) is 5.04. The van der Waals surface area contributed by atoms with Crippen LogP contribution in [-0.2, 0) is 0 Å². The highest BCUT2D eigenvalue weighted by atomic mass is 32.1. The van der Waals surface area contributed by atoms with Gasteiger partial charge in [-0.3, -0.25) is 0 Å². The lowest BCUT2D eigenvalue weighted by Crippen LogP contribution is -2.00.